The zero-order chi connectivity index (χ0) is 30.5. The molecule has 3 aliphatic rings. The van der Waals surface area contributed by atoms with Gasteiger partial charge in [0.05, 0.1) is 0 Å². The maximum absolute atomic E-state index is 5.90. The summed E-state index contributed by atoms with van der Waals surface area (Å²) in [5, 5.41) is 0. The van der Waals surface area contributed by atoms with Crippen molar-refractivity contribution < 1.29 is 0 Å². The average Bonchev–Trinajstić information content (AvgIpc) is 3.69. The SMILES string of the molecule is C#Cc1ccc(CC2CCC(C(C(=C)CCc3ccccc3)c3ccc(C4=CC(C)C=C4)cc3)CC2)cc1C1=CCC=C1C. The van der Waals surface area contributed by atoms with Crippen LogP contribution in [0.2, 0.25) is 0 Å². The lowest BCUT2D eigenvalue weighted by Crippen LogP contribution is -2.23. The van der Waals surface area contributed by atoms with E-state index in [1.165, 1.54) is 75.8 Å². The molecule has 0 amide bonds. The quantitative estimate of drug-likeness (QED) is 0.167. The Morgan fingerprint density at radius 3 is 2.36 bits per heavy atom. The van der Waals surface area contributed by atoms with E-state index in [0.717, 1.165) is 31.2 Å². The van der Waals surface area contributed by atoms with E-state index >= 15 is 0 Å². The summed E-state index contributed by atoms with van der Waals surface area (Å²) in [7, 11) is 0. The number of hydrogen-bond donors (Lipinski definition) is 0. The Morgan fingerprint density at radius 1 is 0.932 bits per heavy atom. The molecule has 0 aromatic heterocycles. The molecule has 44 heavy (non-hydrogen) atoms. The van der Waals surface area contributed by atoms with Crippen LogP contribution in [0.15, 0.2) is 121 Å². The molecule has 222 valence electrons. The zero-order valence-corrected chi connectivity index (χ0v) is 26.6. The van der Waals surface area contributed by atoms with Gasteiger partial charge in [-0.1, -0.05) is 116 Å². The molecule has 2 atom stereocenters. The van der Waals surface area contributed by atoms with Crippen molar-refractivity contribution in [2.75, 3.05) is 0 Å². The van der Waals surface area contributed by atoms with Crippen molar-refractivity contribution in [3.8, 4) is 12.3 Å². The average molecular weight is 575 g/mol. The molecule has 2 unspecified atom stereocenters. The summed E-state index contributed by atoms with van der Waals surface area (Å²) in [5.41, 5.74) is 13.2. The second-order valence-electron chi connectivity index (χ2n) is 13.3. The van der Waals surface area contributed by atoms with Crippen molar-refractivity contribution in [1.82, 2.24) is 0 Å². The van der Waals surface area contributed by atoms with E-state index in [0.29, 0.717) is 23.7 Å². The normalized spacial score (nSPS) is 21.8. The first-order chi connectivity index (χ1) is 21.5. The van der Waals surface area contributed by atoms with Gasteiger partial charge in [-0.05, 0) is 133 Å². The van der Waals surface area contributed by atoms with E-state index in [2.05, 4.69) is 123 Å². The van der Waals surface area contributed by atoms with Crippen LogP contribution in [0, 0.1) is 30.1 Å². The Labute approximate surface area is 266 Å². The summed E-state index contributed by atoms with van der Waals surface area (Å²) in [5.74, 6) is 5.21. The highest BCUT2D eigenvalue weighted by molar-refractivity contribution is 5.84. The lowest BCUT2D eigenvalue weighted by Gasteiger charge is -2.36. The second-order valence-corrected chi connectivity index (χ2v) is 13.3. The lowest BCUT2D eigenvalue weighted by molar-refractivity contribution is 0.252. The van der Waals surface area contributed by atoms with Gasteiger partial charge in [0, 0.05) is 11.5 Å². The highest BCUT2D eigenvalue weighted by Crippen LogP contribution is 2.44. The molecule has 1 saturated carbocycles. The van der Waals surface area contributed by atoms with E-state index in [4.69, 9.17) is 13.0 Å². The predicted octanol–water partition coefficient (Wildman–Crippen LogP) is 11.3. The molecule has 3 aromatic carbocycles. The van der Waals surface area contributed by atoms with Gasteiger partial charge in [0.15, 0.2) is 0 Å². The molecule has 0 heteroatoms. The van der Waals surface area contributed by atoms with E-state index < -0.39 is 0 Å². The van der Waals surface area contributed by atoms with Crippen LogP contribution in [-0.2, 0) is 12.8 Å². The van der Waals surface area contributed by atoms with Crippen LogP contribution in [-0.4, -0.2) is 0 Å². The van der Waals surface area contributed by atoms with Gasteiger partial charge in [0.1, 0.15) is 0 Å². The summed E-state index contributed by atoms with van der Waals surface area (Å²) in [6, 6.07) is 27.1. The van der Waals surface area contributed by atoms with Crippen molar-refractivity contribution in [2.24, 2.45) is 17.8 Å². The van der Waals surface area contributed by atoms with Crippen LogP contribution in [0.3, 0.4) is 0 Å². The standard InChI is InChI=1S/C44H46/c1-5-37-21-19-36(30-43(37)42-13-9-10-32(42)3)29-35-17-22-39(23-18-35)44(33(4)15-16-34-11-7-6-8-12-34)40-26-24-38(25-27-40)41-20-14-31(2)28-41/h1,6-8,10-14,19-21,24-28,30-31,35,39,44H,4,9,15-18,22-23,29H2,2-3H3. The van der Waals surface area contributed by atoms with Crippen LogP contribution in [0.4, 0.5) is 0 Å². The van der Waals surface area contributed by atoms with E-state index in [1.54, 1.807) is 0 Å². The fourth-order valence-electron chi connectivity index (χ4n) is 7.74. The zero-order valence-electron chi connectivity index (χ0n) is 26.6. The van der Waals surface area contributed by atoms with E-state index in [1.807, 2.05) is 0 Å². The highest BCUT2D eigenvalue weighted by atomic mass is 14.3. The molecule has 1 fully saturated rings. The van der Waals surface area contributed by atoms with Gasteiger partial charge in [-0.25, -0.2) is 0 Å². The van der Waals surface area contributed by atoms with E-state index in [-0.39, 0.29) is 0 Å². The summed E-state index contributed by atoms with van der Waals surface area (Å²) >= 11 is 0. The molecule has 0 heterocycles. The maximum Gasteiger partial charge on any atom is 0.0321 e. The van der Waals surface area contributed by atoms with Crippen LogP contribution in [0.5, 0.6) is 0 Å². The monoisotopic (exact) mass is 574 g/mol. The Balaban J connectivity index is 1.16. The highest BCUT2D eigenvalue weighted by Gasteiger charge is 2.30. The number of allylic oxidation sites excluding steroid dienone is 9. The molecular formula is C44H46. The smallest absolute Gasteiger partial charge is 0.0321 e. The van der Waals surface area contributed by atoms with Crippen molar-refractivity contribution in [3.63, 3.8) is 0 Å². The summed E-state index contributed by atoms with van der Waals surface area (Å²) in [4.78, 5) is 0. The molecule has 3 aliphatic carbocycles. The number of rotatable bonds is 10. The van der Waals surface area contributed by atoms with Crippen molar-refractivity contribution in [2.45, 2.75) is 71.1 Å². The summed E-state index contributed by atoms with van der Waals surface area (Å²) < 4.78 is 0. The second kappa shape index (κ2) is 13.7. The number of hydrogen-bond acceptors (Lipinski definition) is 0. The molecule has 6 rings (SSSR count). The molecule has 0 aliphatic heterocycles. The maximum atomic E-state index is 5.90. The molecule has 3 aromatic rings. The topological polar surface area (TPSA) is 0 Å². The van der Waals surface area contributed by atoms with E-state index in [9.17, 15) is 0 Å². The lowest BCUT2D eigenvalue weighted by atomic mass is 9.69. The molecule has 0 spiro atoms. The fourth-order valence-corrected chi connectivity index (χ4v) is 7.74. The molecule has 0 nitrogen and oxygen atoms in total. The largest absolute Gasteiger partial charge is 0.115 e. The van der Waals surface area contributed by atoms with Gasteiger partial charge in [-0.15, -0.1) is 6.42 Å². The summed E-state index contributed by atoms with van der Waals surface area (Å²) in [6.07, 6.45) is 26.7. The van der Waals surface area contributed by atoms with Gasteiger partial charge in [0.2, 0.25) is 0 Å². The first kappa shape index (κ1) is 30.0. The molecular weight excluding hydrogens is 528 g/mol. The third-order valence-corrected chi connectivity index (χ3v) is 10.2. The first-order valence-electron chi connectivity index (χ1n) is 16.7. The van der Waals surface area contributed by atoms with Crippen LogP contribution >= 0.6 is 0 Å². The van der Waals surface area contributed by atoms with Gasteiger partial charge in [-0.2, -0.15) is 0 Å². The van der Waals surface area contributed by atoms with Crippen LogP contribution < -0.4 is 0 Å². The molecule has 0 saturated heterocycles. The van der Waals surface area contributed by atoms with Gasteiger partial charge in [-0.3, -0.25) is 0 Å². The number of aryl methyl sites for hydroxylation is 1. The van der Waals surface area contributed by atoms with Crippen molar-refractivity contribution in [3.05, 3.63) is 154 Å². The Morgan fingerprint density at radius 2 is 1.70 bits per heavy atom. The minimum atomic E-state index is 0.409. The first-order valence-corrected chi connectivity index (χ1v) is 16.7. The minimum absolute atomic E-state index is 0.409. The molecule has 0 N–H and O–H groups in total. The third kappa shape index (κ3) is 6.84. The Hall–Kier alpha value is -4.08. The third-order valence-electron chi connectivity index (χ3n) is 10.2. The minimum Gasteiger partial charge on any atom is -0.115 e. The predicted molar refractivity (Wildman–Crippen MR) is 189 cm³/mol. The van der Waals surface area contributed by atoms with Gasteiger partial charge >= 0.3 is 0 Å². The van der Waals surface area contributed by atoms with Crippen LogP contribution in [0.25, 0.3) is 11.1 Å². The Bertz CT molecular complexity index is 1640. The molecule has 0 radical (unpaired) electrons. The van der Waals surface area contributed by atoms with Crippen molar-refractivity contribution >= 4 is 11.1 Å². The van der Waals surface area contributed by atoms with Gasteiger partial charge in [0.25, 0.3) is 0 Å². The van der Waals surface area contributed by atoms with Crippen LogP contribution in [0.1, 0.15) is 91.7 Å². The molecule has 0 bridgehead atoms. The van der Waals surface area contributed by atoms with Gasteiger partial charge < -0.3 is 0 Å². The fraction of sp³-hybridized carbons (Fsp3) is 0.318. The number of terminal acetylenes is 1. The Kier molecular flexibility index (Phi) is 9.33. The van der Waals surface area contributed by atoms with Crippen molar-refractivity contribution in [1.29, 1.82) is 0 Å². The summed E-state index contributed by atoms with van der Waals surface area (Å²) in [6.45, 7) is 9.19. The number of benzene rings is 3.